The fraction of sp³-hybridized carbons (Fsp3) is 0.308. The van der Waals surface area contributed by atoms with Gasteiger partial charge in [0.1, 0.15) is 11.3 Å². The molecule has 3 aromatic heterocycles. The third kappa shape index (κ3) is 2.05. The van der Waals surface area contributed by atoms with Gasteiger partial charge >= 0.3 is 0 Å². The first-order valence-corrected chi connectivity index (χ1v) is 6.19. The molecule has 0 fully saturated rings. The van der Waals surface area contributed by atoms with E-state index >= 15 is 0 Å². The Kier molecular flexibility index (Phi) is 2.70. The molecule has 0 aliphatic rings. The topological polar surface area (TPSA) is 74.6 Å². The normalized spacial score (nSPS) is 11.3. The summed E-state index contributed by atoms with van der Waals surface area (Å²) in [6.07, 6.45) is 6.37. The predicted molar refractivity (Wildman–Crippen MR) is 73.6 cm³/mol. The number of nitrogen functional groups attached to an aromatic ring is 1. The van der Waals surface area contributed by atoms with Gasteiger partial charge in [0.2, 0.25) is 5.95 Å². The Balaban J connectivity index is 1.92. The molecule has 0 aliphatic heterocycles. The number of imidazole rings is 2. The van der Waals surface area contributed by atoms with E-state index in [4.69, 9.17) is 5.73 Å². The van der Waals surface area contributed by atoms with Crippen LogP contribution in [-0.4, -0.2) is 24.1 Å². The Labute approximate surface area is 110 Å². The van der Waals surface area contributed by atoms with E-state index in [1.165, 1.54) is 0 Å². The zero-order chi connectivity index (χ0) is 13.4. The maximum atomic E-state index is 5.97. The van der Waals surface area contributed by atoms with E-state index in [9.17, 15) is 0 Å². The van der Waals surface area contributed by atoms with Crippen LogP contribution in [0.25, 0.3) is 11.2 Å². The third-order valence-electron chi connectivity index (χ3n) is 3.23. The number of hydrogen-bond donors (Lipinski definition) is 1. The van der Waals surface area contributed by atoms with Gasteiger partial charge < -0.3 is 10.3 Å². The Morgan fingerprint density at radius 3 is 2.89 bits per heavy atom. The summed E-state index contributed by atoms with van der Waals surface area (Å²) >= 11 is 0. The van der Waals surface area contributed by atoms with E-state index < -0.39 is 0 Å². The molecular weight excluding hydrogens is 240 g/mol. The molecule has 3 rings (SSSR count). The van der Waals surface area contributed by atoms with Crippen LogP contribution in [0.3, 0.4) is 0 Å². The molecule has 0 spiro atoms. The number of pyridine rings is 1. The van der Waals surface area contributed by atoms with Crippen LogP contribution in [0.15, 0.2) is 24.7 Å². The van der Waals surface area contributed by atoms with Crippen molar-refractivity contribution in [2.24, 2.45) is 7.05 Å². The minimum absolute atomic E-state index is 0.502. The van der Waals surface area contributed by atoms with E-state index in [0.717, 1.165) is 35.5 Å². The summed E-state index contributed by atoms with van der Waals surface area (Å²) < 4.78 is 3.94. The van der Waals surface area contributed by atoms with Gasteiger partial charge in [0.15, 0.2) is 5.65 Å². The Hall–Kier alpha value is -2.37. The molecule has 0 aliphatic carbocycles. The van der Waals surface area contributed by atoms with Crippen molar-refractivity contribution in [3.63, 3.8) is 0 Å². The van der Waals surface area contributed by atoms with Crippen LogP contribution in [0.2, 0.25) is 0 Å². The average molecular weight is 256 g/mol. The highest BCUT2D eigenvalue weighted by molar-refractivity contribution is 5.74. The standard InChI is InChI=1S/C13H16N6/c1-9-7-10-12(16-8-9)19(13(14)17-10)5-3-11-15-4-6-18(11)2/h4,6-8H,3,5H2,1-2H3,(H2,14,17). The first-order chi connectivity index (χ1) is 9.15. The number of aromatic nitrogens is 5. The minimum Gasteiger partial charge on any atom is -0.369 e. The van der Waals surface area contributed by atoms with Crippen LogP contribution in [0.4, 0.5) is 5.95 Å². The van der Waals surface area contributed by atoms with Crippen LogP contribution >= 0.6 is 0 Å². The highest BCUT2D eigenvalue weighted by atomic mass is 15.2. The number of nitrogens with zero attached hydrogens (tertiary/aromatic N) is 5. The molecule has 6 nitrogen and oxygen atoms in total. The molecule has 0 radical (unpaired) electrons. The molecule has 0 unspecified atom stereocenters. The average Bonchev–Trinajstić information content (AvgIpc) is 2.90. The monoisotopic (exact) mass is 256 g/mol. The van der Waals surface area contributed by atoms with E-state index in [2.05, 4.69) is 15.0 Å². The van der Waals surface area contributed by atoms with Crippen molar-refractivity contribution in [3.05, 3.63) is 36.0 Å². The molecule has 19 heavy (non-hydrogen) atoms. The molecule has 0 bridgehead atoms. The zero-order valence-electron chi connectivity index (χ0n) is 11.0. The largest absolute Gasteiger partial charge is 0.369 e. The number of hydrogen-bond acceptors (Lipinski definition) is 4. The number of aryl methyl sites for hydroxylation is 4. The first-order valence-electron chi connectivity index (χ1n) is 6.19. The lowest BCUT2D eigenvalue weighted by Gasteiger charge is -2.06. The molecule has 0 atom stereocenters. The summed E-state index contributed by atoms with van der Waals surface area (Å²) in [5.74, 6) is 1.52. The third-order valence-corrected chi connectivity index (χ3v) is 3.23. The van der Waals surface area contributed by atoms with Gasteiger partial charge in [0, 0.05) is 38.6 Å². The molecule has 6 heteroatoms. The molecule has 3 aromatic rings. The van der Waals surface area contributed by atoms with Gasteiger partial charge in [-0.1, -0.05) is 0 Å². The van der Waals surface area contributed by atoms with E-state index in [0.29, 0.717) is 5.95 Å². The van der Waals surface area contributed by atoms with Crippen LogP contribution in [0.5, 0.6) is 0 Å². The molecular formula is C13H16N6. The van der Waals surface area contributed by atoms with Crippen molar-refractivity contribution in [2.45, 2.75) is 19.9 Å². The van der Waals surface area contributed by atoms with Crippen molar-refractivity contribution >= 4 is 17.1 Å². The molecule has 0 saturated heterocycles. The van der Waals surface area contributed by atoms with E-state index in [-0.39, 0.29) is 0 Å². The van der Waals surface area contributed by atoms with Crippen LogP contribution < -0.4 is 5.73 Å². The molecule has 3 heterocycles. The van der Waals surface area contributed by atoms with Gasteiger partial charge in [0.05, 0.1) is 0 Å². The second kappa shape index (κ2) is 4.38. The lowest BCUT2D eigenvalue weighted by atomic mass is 10.3. The van der Waals surface area contributed by atoms with Gasteiger partial charge in [-0.05, 0) is 18.6 Å². The first kappa shape index (κ1) is 11.7. The highest BCUT2D eigenvalue weighted by Gasteiger charge is 2.10. The number of rotatable bonds is 3. The minimum atomic E-state index is 0.502. The van der Waals surface area contributed by atoms with Crippen LogP contribution in [0.1, 0.15) is 11.4 Å². The van der Waals surface area contributed by atoms with Gasteiger partial charge in [0.25, 0.3) is 0 Å². The molecule has 0 aromatic carbocycles. The van der Waals surface area contributed by atoms with Crippen molar-refractivity contribution in [2.75, 3.05) is 5.73 Å². The van der Waals surface area contributed by atoms with Crippen molar-refractivity contribution < 1.29 is 0 Å². The Morgan fingerprint density at radius 1 is 1.32 bits per heavy atom. The summed E-state index contributed by atoms with van der Waals surface area (Å²) in [5, 5.41) is 0. The fourth-order valence-corrected chi connectivity index (χ4v) is 2.20. The highest BCUT2D eigenvalue weighted by Crippen LogP contribution is 2.17. The second-order valence-electron chi connectivity index (χ2n) is 4.68. The van der Waals surface area contributed by atoms with Crippen LogP contribution in [0, 0.1) is 6.92 Å². The smallest absolute Gasteiger partial charge is 0.202 e. The summed E-state index contributed by atoms with van der Waals surface area (Å²) in [5.41, 5.74) is 8.73. The summed E-state index contributed by atoms with van der Waals surface area (Å²) in [6, 6.07) is 2.00. The van der Waals surface area contributed by atoms with Crippen LogP contribution in [-0.2, 0) is 20.0 Å². The van der Waals surface area contributed by atoms with E-state index in [1.807, 2.05) is 41.6 Å². The molecule has 0 amide bonds. The van der Waals surface area contributed by atoms with Crippen molar-refractivity contribution in [3.8, 4) is 0 Å². The van der Waals surface area contributed by atoms with Gasteiger partial charge in [-0.3, -0.25) is 4.57 Å². The number of anilines is 1. The predicted octanol–water partition coefficient (Wildman–Crippen LogP) is 1.30. The molecule has 2 N–H and O–H groups in total. The van der Waals surface area contributed by atoms with Gasteiger partial charge in [-0.25, -0.2) is 15.0 Å². The summed E-state index contributed by atoms with van der Waals surface area (Å²) in [7, 11) is 1.99. The summed E-state index contributed by atoms with van der Waals surface area (Å²) in [4.78, 5) is 13.1. The lowest BCUT2D eigenvalue weighted by Crippen LogP contribution is -2.09. The quantitative estimate of drug-likeness (QED) is 0.766. The fourth-order valence-electron chi connectivity index (χ4n) is 2.20. The molecule has 0 saturated carbocycles. The summed E-state index contributed by atoms with van der Waals surface area (Å²) in [6.45, 7) is 2.72. The second-order valence-corrected chi connectivity index (χ2v) is 4.68. The maximum absolute atomic E-state index is 5.97. The Morgan fingerprint density at radius 2 is 2.16 bits per heavy atom. The lowest BCUT2D eigenvalue weighted by molar-refractivity contribution is 0.666. The number of fused-ring (bicyclic) bond motifs is 1. The maximum Gasteiger partial charge on any atom is 0.202 e. The SMILES string of the molecule is Cc1cnc2c(c1)nc(N)n2CCc1nccn1C. The zero-order valence-corrected chi connectivity index (χ0v) is 11.0. The van der Waals surface area contributed by atoms with Gasteiger partial charge in [-0.15, -0.1) is 0 Å². The van der Waals surface area contributed by atoms with Gasteiger partial charge in [-0.2, -0.15) is 0 Å². The van der Waals surface area contributed by atoms with Crippen molar-refractivity contribution in [1.82, 2.24) is 24.1 Å². The molecule has 98 valence electrons. The van der Waals surface area contributed by atoms with Crippen molar-refractivity contribution in [1.29, 1.82) is 0 Å². The Bertz CT molecular complexity index is 724. The number of nitrogens with two attached hydrogens (primary N) is 1. The van der Waals surface area contributed by atoms with E-state index in [1.54, 1.807) is 6.20 Å².